The van der Waals surface area contributed by atoms with E-state index in [2.05, 4.69) is 0 Å². The highest BCUT2D eigenvalue weighted by Gasteiger charge is 2.29. The fourth-order valence-electron chi connectivity index (χ4n) is 3.77. The summed E-state index contributed by atoms with van der Waals surface area (Å²) in [5.41, 5.74) is 1.83. The number of hydrogen-bond acceptors (Lipinski definition) is 8. The van der Waals surface area contributed by atoms with E-state index >= 15 is 0 Å². The van der Waals surface area contributed by atoms with Crippen LogP contribution in [0, 0.1) is 20.8 Å². The zero-order valence-electron chi connectivity index (χ0n) is 20.9. The van der Waals surface area contributed by atoms with Gasteiger partial charge >= 0.3 is 11.9 Å². The molecule has 1 N–H and O–H groups in total. The van der Waals surface area contributed by atoms with Gasteiger partial charge in [-0.3, -0.25) is 0 Å². The molecule has 0 fully saturated rings. The molecule has 8 nitrogen and oxygen atoms in total. The van der Waals surface area contributed by atoms with E-state index in [1.54, 1.807) is 20.8 Å². The molecule has 9 heteroatoms. The van der Waals surface area contributed by atoms with Crippen LogP contribution >= 0.6 is 11.6 Å². The Morgan fingerprint density at radius 1 is 0.833 bits per heavy atom. The maximum Gasteiger partial charge on any atom is 0.342 e. The van der Waals surface area contributed by atoms with Gasteiger partial charge in [-0.15, -0.1) is 0 Å². The number of methoxy groups -OCH3 is 3. The third-order valence-electron chi connectivity index (χ3n) is 5.72. The van der Waals surface area contributed by atoms with Crippen molar-refractivity contribution in [1.82, 2.24) is 0 Å². The van der Waals surface area contributed by atoms with Crippen LogP contribution in [0.2, 0.25) is 5.02 Å². The van der Waals surface area contributed by atoms with Gasteiger partial charge in [0.15, 0.2) is 11.5 Å². The number of ether oxygens (including phenoxy) is 5. The maximum absolute atomic E-state index is 12.7. The summed E-state index contributed by atoms with van der Waals surface area (Å²) >= 11 is 6.55. The van der Waals surface area contributed by atoms with E-state index in [4.69, 9.17) is 35.3 Å². The van der Waals surface area contributed by atoms with Crippen LogP contribution in [-0.4, -0.2) is 38.4 Å². The normalized spacial score (nSPS) is 10.5. The van der Waals surface area contributed by atoms with Crippen molar-refractivity contribution >= 4 is 23.5 Å². The number of aromatic hydroxyl groups is 1. The third-order valence-corrected chi connectivity index (χ3v) is 6.19. The molecule has 0 aliphatic carbocycles. The van der Waals surface area contributed by atoms with Gasteiger partial charge in [-0.1, -0.05) is 41.9 Å². The summed E-state index contributed by atoms with van der Waals surface area (Å²) < 4.78 is 27.4. The second-order valence-electron chi connectivity index (χ2n) is 7.88. The Kier molecular flexibility index (Phi) is 8.32. The first-order valence-corrected chi connectivity index (χ1v) is 11.3. The van der Waals surface area contributed by atoms with Crippen molar-refractivity contribution in [1.29, 1.82) is 0 Å². The summed E-state index contributed by atoms with van der Waals surface area (Å²) in [6.07, 6.45) is 0. The van der Waals surface area contributed by atoms with Gasteiger partial charge in [0.25, 0.3) is 0 Å². The molecule has 0 radical (unpaired) electrons. The topological polar surface area (TPSA) is 101 Å². The molecule has 0 aliphatic heterocycles. The highest BCUT2D eigenvalue weighted by atomic mass is 35.5. The van der Waals surface area contributed by atoms with Gasteiger partial charge in [0.1, 0.15) is 35.0 Å². The largest absolute Gasteiger partial charge is 0.507 e. The van der Waals surface area contributed by atoms with Gasteiger partial charge in [0.2, 0.25) is 0 Å². The fraction of sp³-hybridized carbons (Fsp3) is 0.259. The second-order valence-corrected chi connectivity index (χ2v) is 8.26. The molecule has 0 aliphatic rings. The smallest absolute Gasteiger partial charge is 0.342 e. The molecule has 3 aromatic rings. The molecule has 0 heterocycles. The first-order valence-electron chi connectivity index (χ1n) is 10.9. The van der Waals surface area contributed by atoms with Crippen molar-refractivity contribution in [3.05, 3.63) is 74.8 Å². The minimum absolute atomic E-state index is 0.0495. The summed E-state index contributed by atoms with van der Waals surface area (Å²) in [7, 11) is 3.85. The molecule has 0 saturated carbocycles. The van der Waals surface area contributed by atoms with Crippen molar-refractivity contribution in [2.45, 2.75) is 27.4 Å². The van der Waals surface area contributed by atoms with Crippen LogP contribution in [0.15, 0.2) is 36.4 Å². The summed E-state index contributed by atoms with van der Waals surface area (Å²) in [6, 6.07) is 11.0. The van der Waals surface area contributed by atoms with Gasteiger partial charge in [0, 0.05) is 17.2 Å². The van der Waals surface area contributed by atoms with Crippen LogP contribution in [0.5, 0.6) is 28.7 Å². The van der Waals surface area contributed by atoms with Crippen LogP contribution in [-0.2, 0) is 16.1 Å². The Bertz CT molecular complexity index is 1300. The zero-order chi connectivity index (χ0) is 26.6. The number of carbonyl (C=O) groups excluding carboxylic acids is 2. The lowest BCUT2D eigenvalue weighted by Crippen LogP contribution is -2.10. The van der Waals surface area contributed by atoms with Gasteiger partial charge in [-0.2, -0.15) is 0 Å². The van der Waals surface area contributed by atoms with Crippen molar-refractivity contribution in [3.8, 4) is 28.7 Å². The molecule has 0 spiro atoms. The van der Waals surface area contributed by atoms with Crippen LogP contribution in [0.1, 0.15) is 43.0 Å². The molecule has 190 valence electrons. The number of rotatable bonds is 8. The van der Waals surface area contributed by atoms with E-state index in [9.17, 15) is 14.7 Å². The lowest BCUT2D eigenvalue weighted by molar-refractivity contribution is 0.0588. The summed E-state index contributed by atoms with van der Waals surface area (Å²) in [5.74, 6) is -1.11. The standard InChI is InChI=1S/C27H27ClO8/c1-14-20(26(30)33-5)18(12-19(22(14)28)35-13-17-10-8-7-9-11-17)36-25-16(3)23(29)21(27(31)34-6)15(2)24(25)32-4/h7-12,29H,13H2,1-6H3. The summed E-state index contributed by atoms with van der Waals surface area (Å²) in [6.45, 7) is 5.00. The molecule has 0 saturated heterocycles. The molecule has 3 aromatic carbocycles. The van der Waals surface area contributed by atoms with Crippen molar-refractivity contribution < 1.29 is 38.4 Å². The average Bonchev–Trinajstić information content (AvgIpc) is 2.88. The number of esters is 2. The lowest BCUT2D eigenvalue weighted by atomic mass is 10.0. The van der Waals surface area contributed by atoms with Crippen molar-refractivity contribution in [3.63, 3.8) is 0 Å². The molecule has 36 heavy (non-hydrogen) atoms. The van der Waals surface area contributed by atoms with Crippen LogP contribution in [0.4, 0.5) is 0 Å². The molecule has 3 rings (SSSR count). The number of halogens is 1. The van der Waals surface area contributed by atoms with Crippen molar-refractivity contribution in [2.75, 3.05) is 21.3 Å². The third kappa shape index (κ3) is 5.04. The van der Waals surface area contributed by atoms with E-state index in [1.165, 1.54) is 27.4 Å². The molecule has 0 aromatic heterocycles. The predicted molar refractivity (Wildman–Crippen MR) is 134 cm³/mol. The summed E-state index contributed by atoms with van der Waals surface area (Å²) in [5, 5.41) is 11.0. The Morgan fingerprint density at radius 3 is 2.03 bits per heavy atom. The quantitative estimate of drug-likeness (QED) is 0.369. The Morgan fingerprint density at radius 2 is 1.44 bits per heavy atom. The van der Waals surface area contributed by atoms with E-state index < -0.39 is 11.9 Å². The van der Waals surface area contributed by atoms with E-state index in [0.717, 1.165) is 5.56 Å². The average molecular weight is 515 g/mol. The van der Waals surface area contributed by atoms with Gasteiger partial charge < -0.3 is 28.8 Å². The van der Waals surface area contributed by atoms with E-state index in [1.807, 2.05) is 30.3 Å². The SMILES string of the molecule is COC(=O)c1c(Oc2c(C)c(O)c(C(=O)OC)c(C)c2OC)cc(OCc2ccccc2)c(Cl)c1C. The molecule has 0 unspecified atom stereocenters. The molecule has 0 amide bonds. The predicted octanol–water partition coefficient (Wildman–Crippen LogP) is 5.92. The highest BCUT2D eigenvalue weighted by molar-refractivity contribution is 6.33. The molecule has 0 bridgehead atoms. The summed E-state index contributed by atoms with van der Waals surface area (Å²) in [4.78, 5) is 25.0. The van der Waals surface area contributed by atoms with Crippen LogP contribution in [0.25, 0.3) is 0 Å². The minimum Gasteiger partial charge on any atom is -0.507 e. The monoisotopic (exact) mass is 514 g/mol. The van der Waals surface area contributed by atoms with E-state index in [-0.39, 0.29) is 57.1 Å². The minimum atomic E-state index is -0.730. The first-order chi connectivity index (χ1) is 17.2. The first kappa shape index (κ1) is 26.7. The maximum atomic E-state index is 12.7. The number of hydrogen-bond donors (Lipinski definition) is 1. The Labute approximate surface area is 214 Å². The molecular weight excluding hydrogens is 488 g/mol. The van der Waals surface area contributed by atoms with E-state index in [0.29, 0.717) is 11.1 Å². The van der Waals surface area contributed by atoms with Gasteiger partial charge in [-0.25, -0.2) is 9.59 Å². The highest BCUT2D eigenvalue weighted by Crippen LogP contribution is 2.47. The van der Waals surface area contributed by atoms with Gasteiger partial charge in [0.05, 0.1) is 26.4 Å². The fourth-order valence-corrected chi connectivity index (χ4v) is 3.97. The molecular formula is C27H27ClO8. The van der Waals surface area contributed by atoms with Crippen LogP contribution < -0.4 is 14.2 Å². The number of phenolic OH excluding ortho intramolecular Hbond substituents is 1. The Hall–Kier alpha value is -3.91. The zero-order valence-corrected chi connectivity index (χ0v) is 21.6. The number of phenols is 1. The molecule has 0 atom stereocenters. The van der Waals surface area contributed by atoms with Gasteiger partial charge in [-0.05, 0) is 31.9 Å². The number of benzene rings is 3. The Balaban J connectivity index is 2.17. The van der Waals surface area contributed by atoms with Crippen molar-refractivity contribution in [2.24, 2.45) is 0 Å². The number of carbonyl (C=O) groups is 2. The second kappa shape index (κ2) is 11.2. The van der Waals surface area contributed by atoms with Crippen LogP contribution in [0.3, 0.4) is 0 Å². The lowest BCUT2D eigenvalue weighted by Gasteiger charge is -2.21.